The van der Waals surface area contributed by atoms with Gasteiger partial charge in [0, 0.05) is 30.8 Å². The van der Waals surface area contributed by atoms with Gasteiger partial charge in [0.15, 0.2) is 17.3 Å². The minimum absolute atomic E-state index is 0.196. The third kappa shape index (κ3) is 4.77. The first-order valence-corrected chi connectivity index (χ1v) is 9.52. The predicted octanol–water partition coefficient (Wildman–Crippen LogP) is 3.72. The lowest BCUT2D eigenvalue weighted by Crippen LogP contribution is -2.34. The molecule has 2 aromatic rings. The molecule has 0 spiro atoms. The molecule has 132 valence electrons. The molecule has 1 unspecified atom stereocenters. The molecule has 1 aliphatic rings. The Morgan fingerprint density at radius 1 is 1.12 bits per heavy atom. The summed E-state index contributed by atoms with van der Waals surface area (Å²) >= 11 is 1.88. The number of carbonyl (C=O) groups excluding carboxylic acids is 1. The maximum absolute atomic E-state index is 12.3. The quantitative estimate of drug-likeness (QED) is 0.673. The van der Waals surface area contributed by atoms with Gasteiger partial charge >= 0.3 is 0 Å². The van der Waals surface area contributed by atoms with Crippen molar-refractivity contribution < 1.29 is 14.3 Å². The van der Waals surface area contributed by atoms with Crippen LogP contribution < -0.4 is 9.47 Å². The Morgan fingerprint density at radius 2 is 1.84 bits per heavy atom. The monoisotopic (exact) mass is 357 g/mol. The van der Waals surface area contributed by atoms with E-state index in [1.807, 2.05) is 66.4 Å². The average Bonchev–Trinajstić information content (AvgIpc) is 3.12. The van der Waals surface area contributed by atoms with E-state index in [0.717, 1.165) is 35.9 Å². The van der Waals surface area contributed by atoms with Gasteiger partial charge in [0.25, 0.3) is 0 Å². The van der Waals surface area contributed by atoms with Crippen LogP contribution in [0.4, 0.5) is 0 Å². The molecule has 1 saturated heterocycles. The van der Waals surface area contributed by atoms with Gasteiger partial charge in [0.1, 0.15) is 6.61 Å². The van der Waals surface area contributed by atoms with Crippen LogP contribution in [0.15, 0.2) is 54.6 Å². The molecule has 1 atom stereocenters. The lowest BCUT2D eigenvalue weighted by atomic mass is 10.1. The van der Waals surface area contributed by atoms with Gasteiger partial charge in [-0.1, -0.05) is 42.5 Å². The van der Waals surface area contributed by atoms with E-state index in [2.05, 4.69) is 4.90 Å². The smallest absolute Gasteiger partial charge is 0.164 e. The van der Waals surface area contributed by atoms with Crippen molar-refractivity contribution in [1.29, 1.82) is 0 Å². The van der Waals surface area contributed by atoms with Gasteiger partial charge in [-0.25, -0.2) is 0 Å². The molecule has 1 aliphatic heterocycles. The summed E-state index contributed by atoms with van der Waals surface area (Å²) in [5, 5.41) is 0.272. The molecule has 0 saturated carbocycles. The molecule has 0 aliphatic carbocycles. The van der Waals surface area contributed by atoms with E-state index in [0.29, 0.717) is 13.0 Å². The first-order valence-electron chi connectivity index (χ1n) is 8.47. The second-order valence-electron chi connectivity index (χ2n) is 5.86. The van der Waals surface area contributed by atoms with Crippen LogP contribution in [-0.4, -0.2) is 48.6 Å². The Kier molecular flexibility index (Phi) is 6.36. The Hall–Kier alpha value is -1.98. The Labute approximate surface area is 153 Å². The van der Waals surface area contributed by atoms with Crippen molar-refractivity contribution in [3.63, 3.8) is 0 Å². The zero-order valence-electron chi connectivity index (χ0n) is 14.4. The predicted molar refractivity (Wildman–Crippen MR) is 102 cm³/mol. The third-order valence-electron chi connectivity index (χ3n) is 4.27. The number of para-hydroxylation sites is 2. The molecule has 3 rings (SSSR count). The second-order valence-corrected chi connectivity index (χ2v) is 7.15. The molecule has 1 fully saturated rings. The molecule has 4 nitrogen and oxygen atoms in total. The summed E-state index contributed by atoms with van der Waals surface area (Å²) in [4.78, 5) is 14.6. The van der Waals surface area contributed by atoms with Crippen LogP contribution >= 0.6 is 11.8 Å². The van der Waals surface area contributed by atoms with Crippen molar-refractivity contribution in [2.24, 2.45) is 0 Å². The highest BCUT2D eigenvalue weighted by Gasteiger charge is 2.26. The zero-order chi connectivity index (χ0) is 17.5. The van der Waals surface area contributed by atoms with Crippen LogP contribution in [0.5, 0.6) is 11.5 Å². The summed E-state index contributed by atoms with van der Waals surface area (Å²) in [6.07, 6.45) is 0.537. The number of ether oxygens (including phenoxy) is 2. The fourth-order valence-corrected chi connectivity index (χ4v) is 4.08. The highest BCUT2D eigenvalue weighted by Crippen LogP contribution is 2.29. The molecule has 5 heteroatoms. The number of methoxy groups -OCH3 is 1. The second kappa shape index (κ2) is 8.92. The van der Waals surface area contributed by atoms with E-state index in [4.69, 9.17) is 9.47 Å². The first kappa shape index (κ1) is 17.8. The fraction of sp³-hybridized carbons (Fsp3) is 0.350. The van der Waals surface area contributed by atoms with E-state index in [-0.39, 0.29) is 11.2 Å². The Balaban J connectivity index is 1.51. The largest absolute Gasteiger partial charge is 0.493 e. The van der Waals surface area contributed by atoms with Gasteiger partial charge in [-0.05, 0) is 12.1 Å². The number of hydrogen-bond acceptors (Lipinski definition) is 5. The number of ketones is 1. The normalized spacial score (nSPS) is 17.4. The number of benzene rings is 2. The molecule has 2 aromatic carbocycles. The minimum atomic E-state index is 0.196. The Morgan fingerprint density at radius 3 is 2.60 bits per heavy atom. The number of carbonyl (C=O) groups is 1. The van der Waals surface area contributed by atoms with Crippen molar-refractivity contribution in [2.45, 2.75) is 11.8 Å². The minimum Gasteiger partial charge on any atom is -0.493 e. The van der Waals surface area contributed by atoms with Crippen molar-refractivity contribution in [2.75, 3.05) is 32.6 Å². The lowest BCUT2D eigenvalue weighted by Gasteiger charge is -2.23. The summed E-state index contributed by atoms with van der Waals surface area (Å²) in [5.41, 5.74) is 0.788. The highest BCUT2D eigenvalue weighted by atomic mass is 32.2. The molecule has 0 radical (unpaired) electrons. The number of hydrogen-bond donors (Lipinski definition) is 0. The maximum Gasteiger partial charge on any atom is 0.164 e. The molecule has 0 aromatic heterocycles. The van der Waals surface area contributed by atoms with Crippen LogP contribution in [0.2, 0.25) is 0 Å². The lowest BCUT2D eigenvalue weighted by molar-refractivity contribution is 0.0959. The van der Waals surface area contributed by atoms with Gasteiger partial charge in [-0.3, -0.25) is 9.69 Å². The van der Waals surface area contributed by atoms with Gasteiger partial charge < -0.3 is 9.47 Å². The molecule has 0 amide bonds. The van der Waals surface area contributed by atoms with E-state index < -0.39 is 0 Å². The standard InChI is InChI=1S/C20H23NO3S/c1-23-18-9-5-6-10-19(18)24-15-20-21(13-14-25-20)12-11-17(22)16-7-3-2-4-8-16/h2-10,20H,11-15H2,1H3. The topological polar surface area (TPSA) is 38.8 Å². The van der Waals surface area contributed by atoms with Gasteiger partial charge in [-0.15, -0.1) is 11.8 Å². The molecular formula is C20H23NO3S. The van der Waals surface area contributed by atoms with Crippen molar-refractivity contribution in [3.05, 3.63) is 60.2 Å². The number of nitrogens with zero attached hydrogens (tertiary/aromatic N) is 1. The van der Waals surface area contributed by atoms with Crippen LogP contribution in [0.3, 0.4) is 0 Å². The molecule has 0 bridgehead atoms. The van der Waals surface area contributed by atoms with E-state index in [9.17, 15) is 4.79 Å². The number of thioether (sulfide) groups is 1. The number of rotatable bonds is 8. The van der Waals surface area contributed by atoms with Gasteiger partial charge in [0.2, 0.25) is 0 Å². The molecule has 1 heterocycles. The average molecular weight is 357 g/mol. The van der Waals surface area contributed by atoms with Crippen molar-refractivity contribution in [3.8, 4) is 11.5 Å². The maximum atomic E-state index is 12.3. The summed E-state index contributed by atoms with van der Waals surface area (Å²) < 4.78 is 11.3. The van der Waals surface area contributed by atoms with Crippen molar-refractivity contribution in [1.82, 2.24) is 4.90 Å². The zero-order valence-corrected chi connectivity index (χ0v) is 15.2. The van der Waals surface area contributed by atoms with Gasteiger partial charge in [0.05, 0.1) is 12.5 Å². The SMILES string of the molecule is COc1ccccc1OCC1SCCN1CCC(=O)c1ccccc1. The van der Waals surface area contributed by atoms with E-state index in [1.165, 1.54) is 0 Å². The fourth-order valence-electron chi connectivity index (χ4n) is 2.88. The molecular weight excluding hydrogens is 334 g/mol. The van der Waals surface area contributed by atoms with Crippen LogP contribution in [-0.2, 0) is 0 Å². The van der Waals surface area contributed by atoms with Gasteiger partial charge in [-0.2, -0.15) is 0 Å². The number of Topliss-reactive ketones (excluding diaryl/α,β-unsaturated/α-hetero) is 1. The molecule has 0 N–H and O–H groups in total. The molecule has 25 heavy (non-hydrogen) atoms. The Bertz CT molecular complexity index is 692. The van der Waals surface area contributed by atoms with Crippen LogP contribution in [0, 0.1) is 0 Å². The summed E-state index contributed by atoms with van der Waals surface area (Å²) in [6, 6.07) is 17.2. The summed E-state index contributed by atoms with van der Waals surface area (Å²) in [7, 11) is 1.65. The summed E-state index contributed by atoms with van der Waals surface area (Å²) in [5.74, 6) is 2.77. The van der Waals surface area contributed by atoms with E-state index in [1.54, 1.807) is 7.11 Å². The van der Waals surface area contributed by atoms with E-state index >= 15 is 0 Å². The first-order chi connectivity index (χ1) is 12.3. The third-order valence-corrected chi connectivity index (χ3v) is 5.51. The van der Waals surface area contributed by atoms with Crippen molar-refractivity contribution >= 4 is 17.5 Å². The van der Waals surface area contributed by atoms with Crippen LogP contribution in [0.1, 0.15) is 16.8 Å². The highest BCUT2D eigenvalue weighted by molar-refractivity contribution is 8.00. The van der Waals surface area contributed by atoms with Crippen LogP contribution in [0.25, 0.3) is 0 Å². The summed E-state index contributed by atoms with van der Waals surface area (Å²) in [6.45, 7) is 2.35.